The molecule has 2 aliphatic heterocycles. The van der Waals surface area contributed by atoms with Crippen molar-refractivity contribution in [1.29, 1.82) is 0 Å². The Balaban J connectivity index is 1.62. The summed E-state index contributed by atoms with van der Waals surface area (Å²) < 4.78 is 23.2. The molecule has 3 rings (SSSR count). The van der Waals surface area contributed by atoms with Crippen molar-refractivity contribution in [2.45, 2.75) is 12.1 Å². The Kier molecular flexibility index (Phi) is 3.50. The maximum atomic E-state index is 11.6. The summed E-state index contributed by atoms with van der Waals surface area (Å²) in [5, 5.41) is 3.02. The molecule has 2 fully saturated rings. The van der Waals surface area contributed by atoms with Crippen LogP contribution >= 0.6 is 11.3 Å². The number of nitrogens with zero attached hydrogens (tertiary/aromatic N) is 3. The number of anilines is 1. The van der Waals surface area contributed by atoms with Crippen molar-refractivity contribution in [2.75, 3.05) is 42.6 Å². The van der Waals surface area contributed by atoms with E-state index in [-0.39, 0.29) is 23.6 Å². The van der Waals surface area contributed by atoms with E-state index >= 15 is 0 Å². The average molecular weight is 302 g/mol. The van der Waals surface area contributed by atoms with Gasteiger partial charge < -0.3 is 10.6 Å². The van der Waals surface area contributed by atoms with Gasteiger partial charge in [-0.25, -0.2) is 13.4 Å². The number of hydrogen-bond donors (Lipinski definition) is 1. The number of thiazole rings is 1. The van der Waals surface area contributed by atoms with E-state index in [0.29, 0.717) is 0 Å². The molecular formula is C11H18N4O2S2. The van der Waals surface area contributed by atoms with Gasteiger partial charge in [0, 0.05) is 49.8 Å². The van der Waals surface area contributed by atoms with E-state index in [9.17, 15) is 8.42 Å². The van der Waals surface area contributed by atoms with Gasteiger partial charge >= 0.3 is 0 Å². The molecule has 0 saturated carbocycles. The zero-order valence-electron chi connectivity index (χ0n) is 10.6. The highest BCUT2D eigenvalue weighted by molar-refractivity contribution is 7.91. The molecule has 0 radical (unpaired) electrons. The Hall–Kier alpha value is -0.700. The molecule has 2 N–H and O–H groups in total. The van der Waals surface area contributed by atoms with Gasteiger partial charge in [0.05, 0.1) is 11.5 Å². The molecule has 1 aromatic rings. The minimum absolute atomic E-state index is 0.0107. The third-order valence-corrected chi connectivity index (χ3v) is 6.41. The number of aromatic nitrogens is 1. The Morgan fingerprint density at radius 3 is 2.53 bits per heavy atom. The summed E-state index contributed by atoms with van der Waals surface area (Å²) in [4.78, 5) is 8.77. The second-order valence-corrected chi connectivity index (χ2v) is 8.17. The van der Waals surface area contributed by atoms with E-state index in [2.05, 4.69) is 14.8 Å². The normalized spacial score (nSPS) is 31.7. The number of nitrogens with two attached hydrogens (primary N) is 1. The SMILES string of the molecule is NC1CS(=O)(=O)CC1N1CCN(c2nccs2)CC1. The van der Waals surface area contributed by atoms with E-state index in [0.717, 1.165) is 31.3 Å². The van der Waals surface area contributed by atoms with Gasteiger partial charge in [0.15, 0.2) is 15.0 Å². The van der Waals surface area contributed by atoms with Gasteiger partial charge in [0.25, 0.3) is 0 Å². The molecule has 8 heteroatoms. The summed E-state index contributed by atoms with van der Waals surface area (Å²) in [5.41, 5.74) is 5.97. The molecule has 2 unspecified atom stereocenters. The molecule has 6 nitrogen and oxygen atoms in total. The number of piperazine rings is 1. The number of rotatable bonds is 2. The molecule has 1 aromatic heterocycles. The summed E-state index contributed by atoms with van der Waals surface area (Å²) in [7, 11) is -2.94. The zero-order chi connectivity index (χ0) is 13.5. The standard InChI is InChI=1S/C11H18N4O2S2/c12-9-7-19(16,17)8-10(9)14-2-4-15(5-3-14)11-13-1-6-18-11/h1,6,9-10H,2-5,7-8,12H2. The monoisotopic (exact) mass is 302 g/mol. The molecule has 3 heterocycles. The molecule has 2 aliphatic rings. The minimum atomic E-state index is -2.94. The fraction of sp³-hybridized carbons (Fsp3) is 0.727. The first-order chi connectivity index (χ1) is 9.05. The number of sulfone groups is 1. The highest BCUT2D eigenvalue weighted by Gasteiger charge is 2.39. The molecule has 0 amide bonds. The van der Waals surface area contributed by atoms with Gasteiger partial charge in [-0.2, -0.15) is 0 Å². The van der Waals surface area contributed by atoms with Crippen LogP contribution in [0.25, 0.3) is 0 Å². The van der Waals surface area contributed by atoms with Crippen molar-refractivity contribution in [2.24, 2.45) is 5.73 Å². The Bertz CT molecular complexity index is 523. The summed E-state index contributed by atoms with van der Waals surface area (Å²) in [6.07, 6.45) is 1.81. The van der Waals surface area contributed by atoms with Gasteiger partial charge in [0.2, 0.25) is 0 Å². The molecule has 0 aliphatic carbocycles. The lowest BCUT2D eigenvalue weighted by molar-refractivity contribution is 0.187. The van der Waals surface area contributed by atoms with Crippen LogP contribution in [0.2, 0.25) is 0 Å². The van der Waals surface area contributed by atoms with Gasteiger partial charge in [-0.1, -0.05) is 0 Å². The molecule has 0 spiro atoms. The topological polar surface area (TPSA) is 79.5 Å². The van der Waals surface area contributed by atoms with Crippen LogP contribution < -0.4 is 10.6 Å². The van der Waals surface area contributed by atoms with Crippen LogP contribution in [-0.2, 0) is 9.84 Å². The van der Waals surface area contributed by atoms with Crippen LogP contribution in [0.5, 0.6) is 0 Å². The van der Waals surface area contributed by atoms with Crippen LogP contribution in [-0.4, -0.2) is 68.1 Å². The first kappa shape index (κ1) is 13.3. The van der Waals surface area contributed by atoms with Crippen LogP contribution in [0.15, 0.2) is 11.6 Å². The first-order valence-electron chi connectivity index (χ1n) is 6.40. The molecular weight excluding hydrogens is 284 g/mol. The van der Waals surface area contributed by atoms with Crippen LogP contribution in [0.3, 0.4) is 0 Å². The van der Waals surface area contributed by atoms with Gasteiger partial charge in [-0.3, -0.25) is 4.90 Å². The first-order valence-corrected chi connectivity index (χ1v) is 9.10. The van der Waals surface area contributed by atoms with Crippen molar-refractivity contribution in [3.05, 3.63) is 11.6 Å². The predicted molar refractivity (Wildman–Crippen MR) is 76.3 cm³/mol. The highest BCUT2D eigenvalue weighted by Crippen LogP contribution is 2.22. The van der Waals surface area contributed by atoms with E-state index in [4.69, 9.17) is 5.73 Å². The summed E-state index contributed by atoms with van der Waals surface area (Å²) in [5.74, 6) is 0.343. The van der Waals surface area contributed by atoms with Gasteiger partial charge in [-0.05, 0) is 0 Å². The predicted octanol–water partition coefficient (Wildman–Crippen LogP) is -0.611. The van der Waals surface area contributed by atoms with Crippen LogP contribution in [0.4, 0.5) is 5.13 Å². The maximum Gasteiger partial charge on any atom is 0.185 e. The summed E-state index contributed by atoms with van der Waals surface area (Å²) >= 11 is 1.64. The molecule has 2 atom stereocenters. The van der Waals surface area contributed by atoms with Crippen LogP contribution in [0.1, 0.15) is 0 Å². The largest absolute Gasteiger partial charge is 0.346 e. The number of hydrogen-bond acceptors (Lipinski definition) is 7. The van der Waals surface area contributed by atoms with Gasteiger partial charge in [-0.15, -0.1) is 11.3 Å². The Morgan fingerprint density at radius 2 is 2.00 bits per heavy atom. The van der Waals surface area contributed by atoms with E-state index in [1.54, 1.807) is 11.3 Å². The Morgan fingerprint density at radius 1 is 1.26 bits per heavy atom. The molecule has 2 saturated heterocycles. The third-order valence-electron chi connectivity index (χ3n) is 3.84. The lowest BCUT2D eigenvalue weighted by Crippen LogP contribution is -2.55. The fourth-order valence-corrected chi connectivity index (χ4v) is 5.47. The molecule has 106 valence electrons. The van der Waals surface area contributed by atoms with Crippen molar-refractivity contribution in [3.63, 3.8) is 0 Å². The molecule has 0 bridgehead atoms. The van der Waals surface area contributed by atoms with Crippen molar-refractivity contribution in [3.8, 4) is 0 Å². The van der Waals surface area contributed by atoms with Crippen molar-refractivity contribution in [1.82, 2.24) is 9.88 Å². The summed E-state index contributed by atoms with van der Waals surface area (Å²) in [6.45, 7) is 3.48. The van der Waals surface area contributed by atoms with Crippen molar-refractivity contribution >= 4 is 26.3 Å². The van der Waals surface area contributed by atoms with Gasteiger partial charge in [0.1, 0.15) is 0 Å². The van der Waals surface area contributed by atoms with E-state index in [1.807, 2.05) is 11.6 Å². The lowest BCUT2D eigenvalue weighted by atomic mass is 10.1. The second-order valence-electron chi connectivity index (χ2n) is 5.15. The molecule has 0 aromatic carbocycles. The highest BCUT2D eigenvalue weighted by atomic mass is 32.2. The lowest BCUT2D eigenvalue weighted by Gasteiger charge is -2.38. The van der Waals surface area contributed by atoms with Crippen LogP contribution in [0, 0.1) is 0 Å². The summed E-state index contributed by atoms with van der Waals surface area (Å²) in [6, 6.07) is -0.250. The van der Waals surface area contributed by atoms with Crippen molar-refractivity contribution < 1.29 is 8.42 Å². The third kappa shape index (κ3) is 2.76. The zero-order valence-corrected chi connectivity index (χ0v) is 12.2. The smallest absolute Gasteiger partial charge is 0.185 e. The molecule has 19 heavy (non-hydrogen) atoms. The average Bonchev–Trinajstić information content (AvgIpc) is 2.97. The maximum absolute atomic E-state index is 11.6. The van der Waals surface area contributed by atoms with E-state index in [1.165, 1.54) is 0 Å². The van der Waals surface area contributed by atoms with E-state index < -0.39 is 9.84 Å². The Labute approximate surface area is 117 Å². The second kappa shape index (κ2) is 5.01. The minimum Gasteiger partial charge on any atom is -0.346 e. The quantitative estimate of drug-likeness (QED) is 0.785. The fourth-order valence-electron chi connectivity index (χ4n) is 2.85.